The molecule has 0 spiro atoms. The number of carbonyl (C=O) groups is 2. The van der Waals surface area contributed by atoms with E-state index in [-0.39, 0.29) is 12.5 Å². The van der Waals surface area contributed by atoms with Crippen molar-refractivity contribution in [3.63, 3.8) is 0 Å². The molecule has 1 saturated heterocycles. The number of carboxylic acid groups (broad SMARTS) is 2. The van der Waals surface area contributed by atoms with Gasteiger partial charge in [0.05, 0.1) is 19.1 Å². The Bertz CT molecular complexity index is 304. The van der Waals surface area contributed by atoms with Crippen LogP contribution in [0.1, 0.15) is 0 Å². The van der Waals surface area contributed by atoms with Crippen LogP contribution in [0.3, 0.4) is 0 Å². The van der Waals surface area contributed by atoms with E-state index in [1.54, 1.807) is 0 Å². The molecule has 0 unspecified atom stereocenters. The second-order valence-electron chi connectivity index (χ2n) is 3.91. The number of carboxylic acids is 2. The Morgan fingerprint density at radius 2 is 2.07 bits per heavy atom. The first-order chi connectivity index (χ1) is 6.48. The van der Waals surface area contributed by atoms with Crippen LogP contribution in [0.5, 0.6) is 0 Å². The van der Waals surface area contributed by atoms with Gasteiger partial charge in [-0.15, -0.1) is 0 Å². The molecule has 0 aromatic carbocycles. The number of rotatable bonds is 2. The maximum absolute atomic E-state index is 10.9. The van der Waals surface area contributed by atoms with Crippen LogP contribution >= 0.6 is 0 Å². The van der Waals surface area contributed by atoms with E-state index >= 15 is 0 Å². The number of fused-ring (bicyclic) bond motifs is 1. The molecule has 0 amide bonds. The van der Waals surface area contributed by atoms with Crippen LogP contribution in [0.4, 0.5) is 0 Å². The predicted molar refractivity (Wildman–Crippen MR) is 43.5 cm³/mol. The average Bonchev–Trinajstić information content (AvgIpc) is 2.79. The molecule has 1 heterocycles. The monoisotopic (exact) mass is 201 g/mol. The number of ether oxygens (including phenoxy) is 1. The summed E-state index contributed by atoms with van der Waals surface area (Å²) in [7, 11) is 0. The molecule has 4 atom stereocenters. The molecule has 0 aromatic heterocycles. The van der Waals surface area contributed by atoms with Gasteiger partial charge in [-0.05, 0) is 0 Å². The molecule has 2 fully saturated rings. The van der Waals surface area contributed by atoms with E-state index in [1.165, 1.54) is 0 Å². The second-order valence-corrected chi connectivity index (χ2v) is 3.91. The van der Waals surface area contributed by atoms with Crippen LogP contribution in [0.15, 0.2) is 0 Å². The van der Waals surface area contributed by atoms with Crippen molar-refractivity contribution in [2.24, 2.45) is 23.5 Å². The van der Waals surface area contributed by atoms with E-state index < -0.39 is 29.3 Å². The maximum Gasteiger partial charge on any atom is 0.326 e. The van der Waals surface area contributed by atoms with Crippen LogP contribution in [0, 0.1) is 17.8 Å². The molecular weight excluding hydrogens is 190 g/mol. The van der Waals surface area contributed by atoms with E-state index in [1.807, 2.05) is 0 Å². The zero-order valence-corrected chi connectivity index (χ0v) is 7.34. The fourth-order valence-electron chi connectivity index (χ4n) is 2.28. The number of nitrogens with two attached hydrogens (primary N) is 1. The normalized spacial score (nSPS) is 45.4. The topological polar surface area (TPSA) is 110 Å². The van der Waals surface area contributed by atoms with Gasteiger partial charge in [0.2, 0.25) is 0 Å². The van der Waals surface area contributed by atoms with Gasteiger partial charge in [-0.2, -0.15) is 0 Å². The highest BCUT2D eigenvalue weighted by molar-refractivity contribution is 5.84. The molecule has 2 aliphatic rings. The third kappa shape index (κ3) is 1.04. The van der Waals surface area contributed by atoms with Crippen LogP contribution in [-0.2, 0) is 14.3 Å². The summed E-state index contributed by atoms with van der Waals surface area (Å²) in [5, 5.41) is 17.7. The van der Waals surface area contributed by atoms with E-state index in [0.29, 0.717) is 6.61 Å². The number of hydrogen-bond acceptors (Lipinski definition) is 4. The molecule has 0 bridgehead atoms. The first kappa shape index (κ1) is 9.42. The smallest absolute Gasteiger partial charge is 0.326 e. The quantitative estimate of drug-likeness (QED) is 0.514. The Labute approximate surface area is 79.6 Å². The lowest BCUT2D eigenvalue weighted by molar-refractivity contribution is -0.149. The highest BCUT2D eigenvalue weighted by atomic mass is 16.5. The lowest BCUT2D eigenvalue weighted by Gasteiger charge is -2.28. The van der Waals surface area contributed by atoms with E-state index in [2.05, 4.69) is 0 Å². The van der Waals surface area contributed by atoms with Gasteiger partial charge in [0, 0.05) is 11.8 Å². The molecular formula is C8H11NO5. The predicted octanol–water partition coefficient (Wildman–Crippen LogP) is -1.25. The first-order valence-corrected chi connectivity index (χ1v) is 4.31. The molecule has 6 heteroatoms. The molecule has 0 aromatic rings. The minimum atomic E-state index is -1.52. The van der Waals surface area contributed by atoms with Crippen LogP contribution in [-0.4, -0.2) is 40.9 Å². The van der Waals surface area contributed by atoms with Crippen LogP contribution < -0.4 is 5.73 Å². The summed E-state index contributed by atoms with van der Waals surface area (Å²) >= 11 is 0. The standard InChI is InChI=1S/C8H11NO5/c9-8(7(12)13)2-14-1-3-4(5(3)8)6(10)11/h3-5H,1-2,9H2,(H,10,11)(H,12,13)/t3-,4+,5-,8-/m0/s1. The van der Waals surface area contributed by atoms with Gasteiger partial charge in [-0.1, -0.05) is 0 Å². The minimum Gasteiger partial charge on any atom is -0.481 e. The van der Waals surface area contributed by atoms with E-state index in [9.17, 15) is 9.59 Å². The highest BCUT2D eigenvalue weighted by Crippen LogP contribution is 2.54. The van der Waals surface area contributed by atoms with Gasteiger partial charge in [-0.3, -0.25) is 9.59 Å². The summed E-state index contributed by atoms with van der Waals surface area (Å²) < 4.78 is 5.01. The molecule has 1 aliphatic heterocycles. The van der Waals surface area contributed by atoms with Gasteiger partial charge < -0.3 is 20.7 Å². The molecule has 6 nitrogen and oxygen atoms in total. The van der Waals surface area contributed by atoms with Crippen molar-refractivity contribution in [2.75, 3.05) is 13.2 Å². The van der Waals surface area contributed by atoms with Crippen LogP contribution in [0.25, 0.3) is 0 Å². The van der Waals surface area contributed by atoms with Crippen molar-refractivity contribution in [3.8, 4) is 0 Å². The minimum absolute atomic E-state index is 0.104. The van der Waals surface area contributed by atoms with Gasteiger partial charge in [-0.25, -0.2) is 0 Å². The molecule has 78 valence electrons. The van der Waals surface area contributed by atoms with Gasteiger partial charge >= 0.3 is 11.9 Å². The highest BCUT2D eigenvalue weighted by Gasteiger charge is 2.68. The number of hydrogen-bond donors (Lipinski definition) is 3. The summed E-state index contributed by atoms with van der Waals surface area (Å²) in [6.45, 7) is 0.196. The second kappa shape index (κ2) is 2.68. The molecule has 0 radical (unpaired) electrons. The lowest BCUT2D eigenvalue weighted by Crippen LogP contribution is -2.56. The average molecular weight is 201 g/mol. The van der Waals surface area contributed by atoms with Crippen molar-refractivity contribution >= 4 is 11.9 Å². The summed E-state index contributed by atoms with van der Waals surface area (Å²) in [5.41, 5.74) is 4.11. The van der Waals surface area contributed by atoms with Crippen molar-refractivity contribution < 1.29 is 24.5 Å². The van der Waals surface area contributed by atoms with Crippen molar-refractivity contribution in [1.29, 1.82) is 0 Å². The van der Waals surface area contributed by atoms with Gasteiger partial charge in [0.1, 0.15) is 5.54 Å². The first-order valence-electron chi connectivity index (χ1n) is 4.31. The molecule has 14 heavy (non-hydrogen) atoms. The molecule has 1 aliphatic carbocycles. The molecule has 4 N–H and O–H groups in total. The number of aliphatic carboxylic acids is 2. The zero-order chi connectivity index (χ0) is 10.5. The Morgan fingerprint density at radius 3 is 2.57 bits per heavy atom. The van der Waals surface area contributed by atoms with Gasteiger partial charge in [0.15, 0.2) is 0 Å². The largest absolute Gasteiger partial charge is 0.481 e. The fraction of sp³-hybridized carbons (Fsp3) is 0.750. The lowest BCUT2D eigenvalue weighted by atomic mass is 9.92. The fourth-order valence-corrected chi connectivity index (χ4v) is 2.28. The van der Waals surface area contributed by atoms with E-state index in [0.717, 1.165) is 0 Å². The SMILES string of the molecule is N[C@@]1(C(=O)O)COC[C@H]2[C@@H](C(=O)O)[C@H]21. The summed E-state index contributed by atoms with van der Waals surface area (Å²) in [5.74, 6) is -3.54. The summed E-state index contributed by atoms with van der Waals surface area (Å²) in [4.78, 5) is 21.6. The van der Waals surface area contributed by atoms with E-state index in [4.69, 9.17) is 20.7 Å². The Morgan fingerprint density at radius 1 is 1.43 bits per heavy atom. The van der Waals surface area contributed by atoms with Crippen molar-refractivity contribution in [3.05, 3.63) is 0 Å². The summed E-state index contributed by atoms with van der Waals surface area (Å²) in [6.07, 6.45) is 0. The molecule has 2 rings (SSSR count). The van der Waals surface area contributed by atoms with Crippen LogP contribution in [0.2, 0.25) is 0 Å². The Balaban J connectivity index is 2.22. The Kier molecular flexibility index (Phi) is 1.80. The summed E-state index contributed by atoms with van der Waals surface area (Å²) in [6, 6.07) is 0. The third-order valence-corrected chi connectivity index (χ3v) is 3.10. The van der Waals surface area contributed by atoms with Crippen molar-refractivity contribution in [1.82, 2.24) is 0 Å². The zero-order valence-electron chi connectivity index (χ0n) is 7.34. The third-order valence-electron chi connectivity index (χ3n) is 3.10. The molecule has 1 saturated carbocycles. The van der Waals surface area contributed by atoms with Crippen molar-refractivity contribution in [2.45, 2.75) is 5.54 Å². The Hall–Kier alpha value is -1.14. The maximum atomic E-state index is 10.9. The van der Waals surface area contributed by atoms with Gasteiger partial charge in [0.25, 0.3) is 0 Å².